The summed E-state index contributed by atoms with van der Waals surface area (Å²) in [6.07, 6.45) is 0.679. The Hall–Kier alpha value is -1.50. The van der Waals surface area contributed by atoms with Gasteiger partial charge in [-0.2, -0.15) is 0 Å². The van der Waals surface area contributed by atoms with Crippen LogP contribution >= 0.6 is 0 Å². The second-order valence-corrected chi connectivity index (χ2v) is 5.25. The molecule has 0 saturated carbocycles. The summed E-state index contributed by atoms with van der Waals surface area (Å²) in [6.45, 7) is 1.28. The van der Waals surface area contributed by atoms with Crippen molar-refractivity contribution < 1.29 is 18.7 Å². The van der Waals surface area contributed by atoms with Gasteiger partial charge < -0.3 is 20.5 Å². The molecule has 1 aromatic rings. The third-order valence-corrected chi connectivity index (χ3v) is 3.81. The van der Waals surface area contributed by atoms with Crippen LogP contribution in [0.2, 0.25) is 0 Å². The summed E-state index contributed by atoms with van der Waals surface area (Å²) in [5, 5.41) is 2.82. The number of halogens is 1. The van der Waals surface area contributed by atoms with Gasteiger partial charge in [0.25, 0.3) is 0 Å². The maximum absolute atomic E-state index is 12.9. The van der Waals surface area contributed by atoms with E-state index in [-0.39, 0.29) is 17.8 Å². The standard InChI is InChI=1S/C15H21FN2O3/c1-20-13(11-2-4-12(16)5-3-11)10-18-14(19)15(17)6-8-21-9-7-15/h2-5,13H,6-10,17H2,1H3,(H,18,19). The predicted molar refractivity (Wildman–Crippen MR) is 76.1 cm³/mol. The zero-order valence-corrected chi connectivity index (χ0v) is 12.1. The molecule has 0 bridgehead atoms. The first kappa shape index (κ1) is 15.9. The Labute approximate surface area is 123 Å². The van der Waals surface area contributed by atoms with E-state index in [9.17, 15) is 9.18 Å². The van der Waals surface area contributed by atoms with E-state index in [4.69, 9.17) is 15.2 Å². The Morgan fingerprint density at radius 1 is 1.43 bits per heavy atom. The van der Waals surface area contributed by atoms with Gasteiger partial charge in [-0.05, 0) is 30.5 Å². The fraction of sp³-hybridized carbons (Fsp3) is 0.533. The van der Waals surface area contributed by atoms with Crippen LogP contribution in [-0.4, -0.2) is 38.3 Å². The van der Waals surface area contributed by atoms with E-state index in [0.29, 0.717) is 32.6 Å². The lowest BCUT2D eigenvalue weighted by Crippen LogP contribution is -2.57. The van der Waals surface area contributed by atoms with Crippen molar-refractivity contribution in [1.82, 2.24) is 5.32 Å². The zero-order chi connectivity index (χ0) is 15.3. The maximum Gasteiger partial charge on any atom is 0.240 e. The highest BCUT2D eigenvalue weighted by Crippen LogP contribution is 2.19. The van der Waals surface area contributed by atoms with Gasteiger partial charge in [0.2, 0.25) is 5.91 Å². The van der Waals surface area contributed by atoms with Gasteiger partial charge in [-0.15, -0.1) is 0 Å². The van der Waals surface area contributed by atoms with Crippen molar-refractivity contribution in [3.63, 3.8) is 0 Å². The largest absolute Gasteiger partial charge is 0.381 e. The second kappa shape index (κ2) is 6.98. The molecule has 21 heavy (non-hydrogen) atoms. The molecule has 0 aliphatic carbocycles. The molecule has 6 heteroatoms. The van der Waals surface area contributed by atoms with Crippen LogP contribution in [0.5, 0.6) is 0 Å². The topological polar surface area (TPSA) is 73.6 Å². The summed E-state index contributed by atoms with van der Waals surface area (Å²) < 4.78 is 23.5. The highest BCUT2D eigenvalue weighted by atomic mass is 19.1. The summed E-state index contributed by atoms with van der Waals surface area (Å²) in [5.74, 6) is -0.504. The van der Waals surface area contributed by atoms with Crippen molar-refractivity contribution in [2.45, 2.75) is 24.5 Å². The van der Waals surface area contributed by atoms with Crippen LogP contribution in [-0.2, 0) is 14.3 Å². The van der Waals surface area contributed by atoms with Crippen molar-refractivity contribution in [2.75, 3.05) is 26.9 Å². The van der Waals surface area contributed by atoms with Gasteiger partial charge in [0.1, 0.15) is 5.82 Å². The smallest absolute Gasteiger partial charge is 0.240 e. The van der Waals surface area contributed by atoms with Gasteiger partial charge in [0.15, 0.2) is 0 Å². The van der Waals surface area contributed by atoms with Crippen LogP contribution in [0.4, 0.5) is 4.39 Å². The van der Waals surface area contributed by atoms with Gasteiger partial charge in [-0.3, -0.25) is 4.79 Å². The maximum atomic E-state index is 12.9. The summed E-state index contributed by atoms with van der Waals surface area (Å²) in [4.78, 5) is 12.2. The summed E-state index contributed by atoms with van der Waals surface area (Å²) in [5.41, 5.74) is 6.03. The number of amides is 1. The highest BCUT2D eigenvalue weighted by Gasteiger charge is 2.35. The SMILES string of the molecule is COC(CNC(=O)C1(N)CCOCC1)c1ccc(F)cc1. The Morgan fingerprint density at radius 3 is 2.62 bits per heavy atom. The van der Waals surface area contributed by atoms with Gasteiger partial charge in [0.05, 0.1) is 11.6 Å². The first-order valence-corrected chi connectivity index (χ1v) is 6.98. The molecule has 1 amide bonds. The van der Waals surface area contributed by atoms with E-state index in [1.54, 1.807) is 19.2 Å². The van der Waals surface area contributed by atoms with E-state index in [0.717, 1.165) is 5.56 Å². The van der Waals surface area contributed by atoms with Crippen LogP contribution in [0.3, 0.4) is 0 Å². The van der Waals surface area contributed by atoms with E-state index in [1.807, 2.05) is 0 Å². The minimum atomic E-state index is -0.876. The quantitative estimate of drug-likeness (QED) is 0.854. The number of hydrogen-bond acceptors (Lipinski definition) is 4. The number of nitrogens with one attached hydrogen (secondary N) is 1. The minimum Gasteiger partial charge on any atom is -0.381 e. The molecule has 5 nitrogen and oxygen atoms in total. The summed E-state index contributed by atoms with van der Waals surface area (Å²) in [6, 6.07) is 6.02. The summed E-state index contributed by atoms with van der Waals surface area (Å²) in [7, 11) is 1.55. The Morgan fingerprint density at radius 2 is 2.05 bits per heavy atom. The predicted octanol–water partition coefficient (Wildman–Crippen LogP) is 1.14. The lowest BCUT2D eigenvalue weighted by atomic mass is 9.90. The molecule has 3 N–H and O–H groups in total. The molecule has 116 valence electrons. The molecule has 1 unspecified atom stereocenters. The average Bonchev–Trinajstić information content (AvgIpc) is 2.50. The molecule has 1 saturated heterocycles. The third kappa shape index (κ3) is 4.00. The number of carbonyl (C=O) groups is 1. The lowest BCUT2D eigenvalue weighted by Gasteiger charge is -2.32. The number of nitrogens with two attached hydrogens (primary N) is 1. The number of carbonyl (C=O) groups excluding carboxylic acids is 1. The van der Waals surface area contributed by atoms with Crippen molar-refractivity contribution in [3.05, 3.63) is 35.6 Å². The molecule has 1 fully saturated rings. The van der Waals surface area contributed by atoms with E-state index >= 15 is 0 Å². The second-order valence-electron chi connectivity index (χ2n) is 5.25. The van der Waals surface area contributed by atoms with Crippen molar-refractivity contribution >= 4 is 5.91 Å². The monoisotopic (exact) mass is 296 g/mol. The van der Waals surface area contributed by atoms with Crippen molar-refractivity contribution in [3.8, 4) is 0 Å². The molecule has 1 atom stereocenters. The molecular weight excluding hydrogens is 275 g/mol. The molecule has 0 aromatic heterocycles. The number of benzene rings is 1. The van der Waals surface area contributed by atoms with E-state index in [1.165, 1.54) is 12.1 Å². The molecular formula is C15H21FN2O3. The summed E-state index contributed by atoms with van der Waals surface area (Å²) >= 11 is 0. The van der Waals surface area contributed by atoms with Gasteiger partial charge in [-0.25, -0.2) is 4.39 Å². The molecule has 1 aliphatic rings. The fourth-order valence-corrected chi connectivity index (χ4v) is 2.34. The van der Waals surface area contributed by atoms with Gasteiger partial charge in [-0.1, -0.05) is 12.1 Å². The van der Waals surface area contributed by atoms with Gasteiger partial charge >= 0.3 is 0 Å². The lowest BCUT2D eigenvalue weighted by molar-refractivity contribution is -0.130. The molecule has 0 radical (unpaired) electrons. The fourth-order valence-electron chi connectivity index (χ4n) is 2.34. The molecule has 0 spiro atoms. The Kier molecular flexibility index (Phi) is 5.27. The number of rotatable bonds is 5. The first-order valence-electron chi connectivity index (χ1n) is 6.98. The minimum absolute atomic E-state index is 0.199. The van der Waals surface area contributed by atoms with Crippen LogP contribution in [0.15, 0.2) is 24.3 Å². The first-order chi connectivity index (χ1) is 10.0. The third-order valence-electron chi connectivity index (χ3n) is 3.81. The number of methoxy groups -OCH3 is 1. The molecule has 1 aliphatic heterocycles. The van der Waals surface area contributed by atoms with E-state index in [2.05, 4.69) is 5.32 Å². The number of hydrogen-bond donors (Lipinski definition) is 2. The highest BCUT2D eigenvalue weighted by molar-refractivity contribution is 5.86. The zero-order valence-electron chi connectivity index (χ0n) is 12.1. The molecule has 2 rings (SSSR count). The van der Waals surface area contributed by atoms with Gasteiger partial charge in [0, 0.05) is 26.9 Å². The normalized spacial score (nSPS) is 19.0. The molecule has 1 aromatic carbocycles. The van der Waals surface area contributed by atoms with E-state index < -0.39 is 5.54 Å². The Bertz CT molecular complexity index is 472. The Balaban J connectivity index is 1.93. The molecule has 1 heterocycles. The van der Waals surface area contributed by atoms with Crippen LogP contribution in [0.1, 0.15) is 24.5 Å². The van der Waals surface area contributed by atoms with Crippen LogP contribution in [0.25, 0.3) is 0 Å². The van der Waals surface area contributed by atoms with Crippen LogP contribution < -0.4 is 11.1 Å². The van der Waals surface area contributed by atoms with Crippen molar-refractivity contribution in [1.29, 1.82) is 0 Å². The van der Waals surface area contributed by atoms with Crippen molar-refractivity contribution in [2.24, 2.45) is 5.73 Å². The number of ether oxygens (including phenoxy) is 2. The van der Waals surface area contributed by atoms with Crippen LogP contribution in [0, 0.1) is 5.82 Å². The average molecular weight is 296 g/mol.